The number of fused-ring (bicyclic) bond motifs is 2. The van der Waals surface area contributed by atoms with Gasteiger partial charge in [-0.05, 0) is 47.3 Å². The van der Waals surface area contributed by atoms with E-state index in [1.807, 2.05) is 6.07 Å². The summed E-state index contributed by atoms with van der Waals surface area (Å²) in [6.07, 6.45) is -1.18. The topological polar surface area (TPSA) is 143 Å². The van der Waals surface area contributed by atoms with E-state index in [1.54, 1.807) is 11.5 Å². The van der Waals surface area contributed by atoms with Crippen LogP contribution in [0, 0.1) is 0 Å². The van der Waals surface area contributed by atoms with Gasteiger partial charge >= 0.3 is 11.9 Å². The van der Waals surface area contributed by atoms with E-state index in [2.05, 4.69) is 49.8 Å². The van der Waals surface area contributed by atoms with E-state index in [-0.39, 0.29) is 5.91 Å². The zero-order chi connectivity index (χ0) is 26.5. The van der Waals surface area contributed by atoms with E-state index < -0.39 is 24.5 Å². The number of aliphatic hydroxyl groups excluding tert-OH is 1. The van der Waals surface area contributed by atoms with E-state index in [4.69, 9.17) is 26.9 Å². The maximum absolute atomic E-state index is 11.6. The number of nitrogens with zero attached hydrogens (tertiary/aromatic N) is 3. The molecule has 10 nitrogen and oxygen atoms in total. The third kappa shape index (κ3) is 6.75. The highest BCUT2D eigenvalue weighted by Gasteiger charge is 2.22. The lowest BCUT2D eigenvalue weighted by atomic mass is 10.1. The van der Waals surface area contributed by atoms with Gasteiger partial charge in [0.1, 0.15) is 5.82 Å². The molecule has 1 amide bonds. The molecular formula is C25H27ClN4O6S. The number of benzene rings is 2. The summed E-state index contributed by atoms with van der Waals surface area (Å²) in [5.41, 5.74) is 3.05. The Balaban J connectivity index is 0.000000307. The molecule has 3 heterocycles. The number of carboxylic acid groups (broad SMARTS) is 2. The predicted octanol–water partition coefficient (Wildman–Crippen LogP) is 2.72. The first-order chi connectivity index (χ1) is 17.7. The number of hydrogen-bond acceptors (Lipinski definition) is 8. The highest BCUT2D eigenvalue weighted by Crippen LogP contribution is 2.31. The van der Waals surface area contributed by atoms with Gasteiger partial charge in [-0.15, -0.1) is 0 Å². The fourth-order valence-electron chi connectivity index (χ4n) is 4.31. The Hall–Kier alpha value is -3.25. The zero-order valence-corrected chi connectivity index (χ0v) is 21.5. The van der Waals surface area contributed by atoms with Gasteiger partial charge < -0.3 is 25.5 Å². The zero-order valence-electron chi connectivity index (χ0n) is 19.9. The Kier molecular flexibility index (Phi) is 8.59. The molecule has 0 saturated carbocycles. The number of nitrogens with one attached hydrogen (secondary N) is 1. The number of carbonyl (C=O) groups excluding carboxylic acids is 1. The first-order valence-corrected chi connectivity index (χ1v) is 12.9. The molecule has 1 aromatic heterocycles. The van der Waals surface area contributed by atoms with Gasteiger partial charge in [0.2, 0.25) is 5.91 Å². The lowest BCUT2D eigenvalue weighted by Crippen LogP contribution is -2.47. The summed E-state index contributed by atoms with van der Waals surface area (Å²) < 4.78 is 5.94. The number of aliphatic carboxylic acids is 2. The van der Waals surface area contributed by atoms with Crippen LogP contribution < -0.4 is 10.2 Å². The summed E-state index contributed by atoms with van der Waals surface area (Å²) in [6, 6.07) is 12.4. The van der Waals surface area contributed by atoms with Crippen LogP contribution in [0.3, 0.4) is 0 Å². The van der Waals surface area contributed by atoms with Crippen LogP contribution in [0.15, 0.2) is 36.4 Å². The SMILES string of the molecule is O=C(O)CC(O)C(=O)O.O=C1Cc2cc(CCN3CCN(c4nsc5ccccc45)CC3)c(Cl)cc2N1. The summed E-state index contributed by atoms with van der Waals surface area (Å²) in [5, 5.41) is 29.0. The predicted molar refractivity (Wildman–Crippen MR) is 142 cm³/mol. The fourth-order valence-corrected chi connectivity index (χ4v) is 5.36. The number of carboxylic acids is 2. The van der Waals surface area contributed by atoms with Crippen LogP contribution in [0.5, 0.6) is 0 Å². The number of rotatable bonds is 7. The molecular weight excluding hydrogens is 520 g/mol. The fraction of sp³-hybridized carbons (Fsp3) is 0.360. The number of anilines is 2. The van der Waals surface area contributed by atoms with Gasteiger partial charge in [0, 0.05) is 48.8 Å². The molecule has 196 valence electrons. The van der Waals surface area contributed by atoms with Crippen molar-refractivity contribution in [1.29, 1.82) is 0 Å². The maximum atomic E-state index is 11.6. The third-order valence-corrected chi connectivity index (χ3v) is 7.45. The molecule has 0 radical (unpaired) electrons. The lowest BCUT2D eigenvalue weighted by Gasteiger charge is -2.35. The smallest absolute Gasteiger partial charge is 0.333 e. The van der Waals surface area contributed by atoms with Gasteiger partial charge in [0.25, 0.3) is 0 Å². The Bertz CT molecular complexity index is 1310. The van der Waals surface area contributed by atoms with Crippen LogP contribution in [0.25, 0.3) is 10.1 Å². The van der Waals surface area contributed by atoms with E-state index in [1.165, 1.54) is 10.1 Å². The van der Waals surface area contributed by atoms with Crippen LogP contribution in [-0.2, 0) is 27.2 Å². The van der Waals surface area contributed by atoms with Gasteiger partial charge in [0.05, 0.1) is 17.5 Å². The number of amides is 1. The van der Waals surface area contributed by atoms with Crippen molar-refractivity contribution in [2.75, 3.05) is 42.9 Å². The molecule has 12 heteroatoms. The molecule has 2 aromatic carbocycles. The van der Waals surface area contributed by atoms with Gasteiger partial charge in [-0.25, -0.2) is 4.79 Å². The van der Waals surface area contributed by atoms with Gasteiger partial charge in [0.15, 0.2) is 6.10 Å². The minimum Gasteiger partial charge on any atom is -0.481 e. The van der Waals surface area contributed by atoms with Crippen molar-refractivity contribution >= 4 is 62.6 Å². The molecule has 3 aromatic rings. The summed E-state index contributed by atoms with van der Waals surface area (Å²) in [4.78, 5) is 35.9. The molecule has 4 N–H and O–H groups in total. The standard InChI is InChI=1S/C21H21ClN4OS.C4H6O5/c22-17-13-18-15(12-20(27)23-18)11-14(17)5-6-25-7-9-26(10-8-25)21-16-3-1-2-4-19(16)28-24-21;5-2(4(8)9)1-3(6)7/h1-4,11,13H,5-10,12H2,(H,23,27);2,5H,1H2,(H,6,7)(H,8,9). The van der Waals surface area contributed by atoms with Crippen molar-refractivity contribution in [2.24, 2.45) is 0 Å². The van der Waals surface area contributed by atoms with Gasteiger partial charge in [-0.3, -0.25) is 14.5 Å². The number of hydrogen-bond donors (Lipinski definition) is 4. The van der Waals surface area contributed by atoms with Crippen LogP contribution in [0.2, 0.25) is 5.02 Å². The minimum absolute atomic E-state index is 0.0499. The average molecular weight is 547 g/mol. The average Bonchev–Trinajstić information content (AvgIpc) is 3.45. The van der Waals surface area contributed by atoms with Crippen molar-refractivity contribution in [3.05, 3.63) is 52.5 Å². The van der Waals surface area contributed by atoms with Crippen molar-refractivity contribution in [2.45, 2.75) is 25.4 Å². The molecule has 1 atom stereocenters. The van der Waals surface area contributed by atoms with E-state index >= 15 is 0 Å². The van der Waals surface area contributed by atoms with E-state index in [0.29, 0.717) is 6.42 Å². The molecule has 0 aliphatic carbocycles. The molecule has 1 saturated heterocycles. The minimum atomic E-state index is -1.79. The van der Waals surface area contributed by atoms with Crippen molar-refractivity contribution in [1.82, 2.24) is 9.27 Å². The molecule has 0 bridgehead atoms. The second-order valence-electron chi connectivity index (χ2n) is 8.86. The quantitative estimate of drug-likeness (QED) is 0.351. The van der Waals surface area contributed by atoms with Crippen molar-refractivity contribution in [3.8, 4) is 0 Å². The number of carbonyl (C=O) groups is 3. The normalized spacial score (nSPS) is 16.1. The highest BCUT2D eigenvalue weighted by atomic mass is 35.5. The van der Waals surface area contributed by atoms with Crippen LogP contribution in [0.1, 0.15) is 17.5 Å². The monoisotopic (exact) mass is 546 g/mol. The van der Waals surface area contributed by atoms with Gasteiger partial charge in [-0.1, -0.05) is 29.8 Å². The second kappa shape index (κ2) is 11.9. The number of aromatic nitrogens is 1. The maximum Gasteiger partial charge on any atom is 0.333 e. The molecule has 37 heavy (non-hydrogen) atoms. The third-order valence-electron chi connectivity index (χ3n) is 6.28. The van der Waals surface area contributed by atoms with Crippen LogP contribution >= 0.6 is 23.1 Å². The Morgan fingerprint density at radius 1 is 1.14 bits per heavy atom. The Morgan fingerprint density at radius 3 is 2.54 bits per heavy atom. The first-order valence-electron chi connectivity index (χ1n) is 11.8. The number of aliphatic hydroxyl groups is 1. The second-order valence-corrected chi connectivity index (χ2v) is 10.1. The van der Waals surface area contributed by atoms with Gasteiger partial charge in [-0.2, -0.15) is 4.37 Å². The lowest BCUT2D eigenvalue weighted by molar-refractivity contribution is -0.152. The summed E-state index contributed by atoms with van der Waals surface area (Å²) in [5.74, 6) is -1.67. The Labute approximate surface area is 222 Å². The number of piperazine rings is 1. The molecule has 2 aliphatic rings. The summed E-state index contributed by atoms with van der Waals surface area (Å²) in [6.45, 7) is 5.00. The van der Waals surface area contributed by atoms with E-state index in [9.17, 15) is 14.4 Å². The molecule has 1 fully saturated rings. The van der Waals surface area contributed by atoms with Crippen LogP contribution in [0.4, 0.5) is 11.5 Å². The molecule has 5 rings (SSSR count). The van der Waals surface area contributed by atoms with Crippen molar-refractivity contribution < 1.29 is 29.7 Å². The van der Waals surface area contributed by atoms with Crippen LogP contribution in [-0.4, -0.2) is 81.3 Å². The summed E-state index contributed by atoms with van der Waals surface area (Å²) >= 11 is 8.01. The molecule has 1 unspecified atom stereocenters. The first kappa shape index (κ1) is 26.8. The highest BCUT2D eigenvalue weighted by molar-refractivity contribution is 7.13. The molecule has 2 aliphatic heterocycles. The number of halogens is 1. The Morgan fingerprint density at radius 2 is 1.86 bits per heavy atom. The molecule has 0 spiro atoms. The van der Waals surface area contributed by atoms with Crippen molar-refractivity contribution in [3.63, 3.8) is 0 Å². The van der Waals surface area contributed by atoms with E-state index in [0.717, 1.165) is 66.8 Å². The summed E-state index contributed by atoms with van der Waals surface area (Å²) in [7, 11) is 0. The largest absolute Gasteiger partial charge is 0.481 e.